The number of likely N-dealkylation sites (tertiary alicyclic amines) is 1. The molecule has 5 atom stereocenters. The van der Waals surface area contributed by atoms with E-state index in [9.17, 15) is 24.6 Å². The fraction of sp³-hybridized carbons (Fsp3) is 0.824. The van der Waals surface area contributed by atoms with E-state index >= 15 is 0 Å². The largest absolute Gasteiger partial charge is 1.00 e. The van der Waals surface area contributed by atoms with Gasteiger partial charge >= 0.3 is 59.1 Å². The standard InChI is InChI=1S/C17H28N2O5.2Na/c1-3-6-12(16(21)22)18-10(2)15(20)19-13-8-5-4-7-11(13)9-14(19)17(23)24;;/h10-14,18H,3-9H2,1-2H3,(H,21,22)(H,23,24);;/q;2*+1/p-2/t10-,11-,12-,13-,14-;;/m0../s1. The van der Waals surface area contributed by atoms with Crippen LogP contribution in [0.4, 0.5) is 0 Å². The Balaban J connectivity index is 0.00000312. The molecule has 1 saturated heterocycles. The van der Waals surface area contributed by atoms with Gasteiger partial charge in [0.15, 0.2) is 0 Å². The number of fused-ring (bicyclic) bond motifs is 1. The number of hydrogen-bond acceptors (Lipinski definition) is 6. The average Bonchev–Trinajstić information content (AvgIpc) is 2.93. The van der Waals surface area contributed by atoms with Crippen LogP contribution in [0.2, 0.25) is 0 Å². The number of hydrogen-bond donors (Lipinski definition) is 1. The molecule has 9 heteroatoms. The molecule has 1 amide bonds. The number of carboxylic acids is 2. The van der Waals surface area contributed by atoms with Crippen LogP contribution >= 0.6 is 0 Å². The predicted octanol–water partition coefficient (Wildman–Crippen LogP) is -7.20. The molecule has 0 radical (unpaired) electrons. The molecule has 1 saturated carbocycles. The number of nitrogens with zero attached hydrogens (tertiary/aromatic N) is 1. The quantitative estimate of drug-likeness (QED) is 0.437. The van der Waals surface area contributed by atoms with Crippen molar-refractivity contribution in [3.05, 3.63) is 0 Å². The third-order valence-electron chi connectivity index (χ3n) is 5.30. The Labute approximate surface area is 199 Å². The van der Waals surface area contributed by atoms with Gasteiger partial charge in [-0.15, -0.1) is 0 Å². The summed E-state index contributed by atoms with van der Waals surface area (Å²) in [5.74, 6) is -2.63. The van der Waals surface area contributed by atoms with Crippen molar-refractivity contribution in [2.75, 3.05) is 0 Å². The zero-order valence-corrected chi connectivity index (χ0v) is 20.3. The van der Waals surface area contributed by atoms with Gasteiger partial charge in [-0.3, -0.25) is 10.1 Å². The number of carboxylic acid groups (broad SMARTS) is 2. The summed E-state index contributed by atoms with van der Waals surface area (Å²) in [6.07, 6.45) is 5.19. The van der Waals surface area contributed by atoms with Gasteiger partial charge in [0.1, 0.15) is 0 Å². The van der Waals surface area contributed by atoms with Gasteiger partial charge in [0.25, 0.3) is 0 Å². The Hall–Kier alpha value is 0.370. The minimum atomic E-state index is -1.25. The maximum absolute atomic E-state index is 12.8. The first kappa shape index (κ1) is 26.4. The van der Waals surface area contributed by atoms with Crippen molar-refractivity contribution in [2.24, 2.45) is 5.92 Å². The van der Waals surface area contributed by atoms with Crippen LogP contribution < -0.4 is 74.6 Å². The Morgan fingerprint density at radius 3 is 2.31 bits per heavy atom. The van der Waals surface area contributed by atoms with Crippen LogP contribution in [0.3, 0.4) is 0 Å². The van der Waals surface area contributed by atoms with Gasteiger partial charge < -0.3 is 24.7 Å². The molecule has 7 nitrogen and oxygen atoms in total. The Kier molecular flexibility index (Phi) is 12.2. The molecular formula is C17H26N2Na2O5. The van der Waals surface area contributed by atoms with E-state index in [0.717, 1.165) is 25.7 Å². The summed E-state index contributed by atoms with van der Waals surface area (Å²) in [5, 5.41) is 25.4. The first-order valence-electron chi connectivity index (χ1n) is 8.86. The van der Waals surface area contributed by atoms with Gasteiger partial charge in [-0.05, 0) is 38.5 Å². The van der Waals surface area contributed by atoms with Crippen molar-refractivity contribution in [3.63, 3.8) is 0 Å². The van der Waals surface area contributed by atoms with E-state index in [1.807, 2.05) is 6.92 Å². The average molecular weight is 384 g/mol. The first-order chi connectivity index (χ1) is 11.4. The van der Waals surface area contributed by atoms with E-state index in [1.54, 1.807) is 6.92 Å². The summed E-state index contributed by atoms with van der Waals surface area (Å²) in [5.41, 5.74) is 0. The number of rotatable bonds is 7. The number of nitrogens with one attached hydrogen (secondary N) is 1. The van der Waals surface area contributed by atoms with Gasteiger partial charge in [0.05, 0.1) is 24.0 Å². The summed E-state index contributed by atoms with van der Waals surface area (Å²) in [6, 6.07) is -2.68. The normalized spacial score (nSPS) is 26.7. The zero-order chi connectivity index (χ0) is 17.9. The SMILES string of the molecule is CCC[C@H](N[C@@H](C)C(=O)N1[C@H](C(=O)[O-])C[C@@H]2CCCC[C@@H]21)C(=O)[O-].[Na+].[Na+]. The van der Waals surface area contributed by atoms with Crippen molar-refractivity contribution in [1.29, 1.82) is 0 Å². The molecule has 0 bridgehead atoms. The van der Waals surface area contributed by atoms with Crippen molar-refractivity contribution < 1.29 is 83.7 Å². The number of carbonyl (C=O) groups is 3. The maximum Gasteiger partial charge on any atom is 1.00 e. The molecule has 2 aliphatic rings. The fourth-order valence-corrected chi connectivity index (χ4v) is 4.14. The molecule has 0 spiro atoms. The van der Waals surface area contributed by atoms with Gasteiger partial charge in [0.2, 0.25) is 5.91 Å². The molecule has 1 aliphatic carbocycles. The number of carbonyl (C=O) groups excluding carboxylic acids is 3. The third kappa shape index (κ3) is 6.19. The van der Waals surface area contributed by atoms with Crippen LogP contribution in [0.5, 0.6) is 0 Å². The molecule has 2 rings (SSSR count). The van der Waals surface area contributed by atoms with E-state index in [4.69, 9.17) is 0 Å². The van der Waals surface area contributed by atoms with E-state index in [-0.39, 0.29) is 77.0 Å². The molecule has 1 aliphatic heterocycles. The molecule has 26 heavy (non-hydrogen) atoms. The minimum Gasteiger partial charge on any atom is -0.548 e. The van der Waals surface area contributed by atoms with Crippen LogP contribution in [0.15, 0.2) is 0 Å². The molecule has 2 fully saturated rings. The zero-order valence-electron chi connectivity index (χ0n) is 16.3. The predicted molar refractivity (Wildman–Crippen MR) is 82.3 cm³/mol. The summed E-state index contributed by atoms with van der Waals surface area (Å²) < 4.78 is 0. The first-order valence-corrected chi connectivity index (χ1v) is 8.86. The van der Waals surface area contributed by atoms with Crippen molar-refractivity contribution >= 4 is 17.8 Å². The number of aliphatic carboxylic acids is 2. The smallest absolute Gasteiger partial charge is 0.548 e. The summed E-state index contributed by atoms with van der Waals surface area (Å²) in [6.45, 7) is 3.43. The molecule has 0 unspecified atom stereocenters. The molecule has 1 N–H and O–H groups in total. The fourth-order valence-electron chi connectivity index (χ4n) is 4.14. The van der Waals surface area contributed by atoms with Crippen LogP contribution in [0.1, 0.15) is 58.8 Å². The van der Waals surface area contributed by atoms with E-state index in [2.05, 4.69) is 5.32 Å². The summed E-state index contributed by atoms with van der Waals surface area (Å²) in [7, 11) is 0. The Morgan fingerprint density at radius 2 is 1.77 bits per heavy atom. The molecule has 0 aromatic carbocycles. The van der Waals surface area contributed by atoms with Gasteiger partial charge in [-0.25, -0.2) is 0 Å². The molecular weight excluding hydrogens is 358 g/mol. The Morgan fingerprint density at radius 1 is 1.15 bits per heavy atom. The van der Waals surface area contributed by atoms with Crippen LogP contribution in [0, 0.1) is 5.92 Å². The van der Waals surface area contributed by atoms with Gasteiger partial charge in [-0.1, -0.05) is 26.2 Å². The summed E-state index contributed by atoms with van der Waals surface area (Å²) >= 11 is 0. The molecule has 0 aromatic rings. The number of amides is 1. The van der Waals surface area contributed by atoms with Crippen molar-refractivity contribution in [3.8, 4) is 0 Å². The second-order valence-electron chi connectivity index (χ2n) is 6.98. The van der Waals surface area contributed by atoms with Gasteiger partial charge in [-0.2, -0.15) is 0 Å². The van der Waals surface area contributed by atoms with Crippen LogP contribution in [-0.2, 0) is 14.4 Å². The minimum absolute atomic E-state index is 0. The topological polar surface area (TPSA) is 113 Å². The van der Waals surface area contributed by atoms with E-state index < -0.39 is 30.1 Å². The van der Waals surface area contributed by atoms with Crippen molar-refractivity contribution in [2.45, 2.75) is 83.0 Å². The second kappa shape index (κ2) is 12.0. The van der Waals surface area contributed by atoms with E-state index in [1.165, 1.54) is 4.90 Å². The van der Waals surface area contributed by atoms with Crippen LogP contribution in [-0.4, -0.2) is 46.9 Å². The van der Waals surface area contributed by atoms with Gasteiger partial charge in [0, 0.05) is 12.1 Å². The maximum atomic E-state index is 12.8. The Bertz CT molecular complexity index is 506. The molecule has 1 heterocycles. The van der Waals surface area contributed by atoms with E-state index in [0.29, 0.717) is 19.3 Å². The molecule has 136 valence electrons. The van der Waals surface area contributed by atoms with Crippen molar-refractivity contribution in [1.82, 2.24) is 10.2 Å². The third-order valence-corrected chi connectivity index (χ3v) is 5.30. The van der Waals surface area contributed by atoms with Crippen LogP contribution in [0.25, 0.3) is 0 Å². The molecule has 0 aromatic heterocycles. The second-order valence-corrected chi connectivity index (χ2v) is 6.98. The monoisotopic (exact) mass is 384 g/mol. The summed E-state index contributed by atoms with van der Waals surface area (Å²) in [4.78, 5) is 36.9.